The number of H-pyrrole nitrogens is 2. The molecule has 6 heteroatoms. The highest BCUT2D eigenvalue weighted by Crippen LogP contribution is 2.46. The van der Waals surface area contributed by atoms with Crippen LogP contribution in [0, 0.1) is 0 Å². The minimum atomic E-state index is -0.139. The van der Waals surface area contributed by atoms with Crippen molar-refractivity contribution >= 4 is 27.7 Å². The van der Waals surface area contributed by atoms with Gasteiger partial charge in [-0.05, 0) is 36.1 Å². The van der Waals surface area contributed by atoms with Crippen LogP contribution < -0.4 is 0 Å². The van der Waals surface area contributed by atoms with E-state index >= 15 is 0 Å². The Morgan fingerprint density at radius 2 is 1.38 bits per heavy atom. The maximum absolute atomic E-state index is 13.1. The number of morpholine rings is 1. The number of carbonyl (C=O) groups excluding carboxylic acids is 1. The van der Waals surface area contributed by atoms with Crippen LogP contribution in [0.5, 0.6) is 0 Å². The van der Waals surface area contributed by atoms with Crippen molar-refractivity contribution in [3.05, 3.63) is 72.1 Å². The lowest BCUT2D eigenvalue weighted by Crippen LogP contribution is -2.46. The Labute approximate surface area is 199 Å². The first-order chi connectivity index (χ1) is 16.7. The number of aromatic amines is 2. The molecule has 176 valence electrons. The molecule has 0 unspecified atom stereocenters. The van der Waals surface area contributed by atoms with Crippen LogP contribution in [0.2, 0.25) is 0 Å². The maximum atomic E-state index is 13.1. The van der Waals surface area contributed by atoms with Gasteiger partial charge in [0, 0.05) is 78.8 Å². The van der Waals surface area contributed by atoms with Crippen molar-refractivity contribution in [2.45, 2.75) is 24.7 Å². The van der Waals surface area contributed by atoms with Crippen molar-refractivity contribution in [2.24, 2.45) is 0 Å². The van der Waals surface area contributed by atoms with Gasteiger partial charge in [0.05, 0.1) is 13.2 Å². The van der Waals surface area contributed by atoms with E-state index in [1.54, 1.807) is 0 Å². The Morgan fingerprint density at radius 3 is 1.97 bits per heavy atom. The predicted molar refractivity (Wildman–Crippen MR) is 135 cm³/mol. The number of carbonyl (C=O) groups is 1. The second-order valence-corrected chi connectivity index (χ2v) is 9.66. The lowest BCUT2D eigenvalue weighted by Gasteiger charge is -2.42. The molecule has 6 rings (SSSR count). The molecule has 0 bridgehead atoms. The van der Waals surface area contributed by atoms with E-state index in [-0.39, 0.29) is 11.3 Å². The summed E-state index contributed by atoms with van der Waals surface area (Å²) in [5.74, 6) is 0.276. The van der Waals surface area contributed by atoms with Gasteiger partial charge in [-0.1, -0.05) is 36.4 Å². The number of piperidine rings is 1. The number of rotatable bonds is 5. The lowest BCUT2D eigenvalue weighted by atomic mass is 9.68. The highest BCUT2D eigenvalue weighted by molar-refractivity contribution is 5.89. The van der Waals surface area contributed by atoms with Gasteiger partial charge in [-0.3, -0.25) is 9.69 Å². The van der Waals surface area contributed by atoms with E-state index in [2.05, 4.69) is 80.7 Å². The summed E-state index contributed by atoms with van der Waals surface area (Å²) < 4.78 is 5.44. The highest BCUT2D eigenvalue weighted by Gasteiger charge is 2.41. The molecule has 2 aromatic heterocycles. The first-order valence-corrected chi connectivity index (χ1v) is 12.5. The van der Waals surface area contributed by atoms with E-state index in [9.17, 15) is 4.79 Å². The second kappa shape index (κ2) is 8.93. The largest absolute Gasteiger partial charge is 0.379 e. The van der Waals surface area contributed by atoms with Crippen molar-refractivity contribution in [1.82, 2.24) is 19.8 Å². The highest BCUT2D eigenvalue weighted by atomic mass is 16.5. The Balaban J connectivity index is 1.29. The molecule has 6 nitrogen and oxygen atoms in total. The molecular weight excluding hydrogens is 424 g/mol. The fraction of sp³-hybridized carbons (Fsp3) is 0.393. The number of nitrogens with zero attached hydrogens (tertiary/aromatic N) is 2. The summed E-state index contributed by atoms with van der Waals surface area (Å²) in [6, 6.07) is 17.1. The van der Waals surface area contributed by atoms with Gasteiger partial charge in [-0.15, -0.1) is 0 Å². The number of hydrogen-bond donors (Lipinski definition) is 2. The van der Waals surface area contributed by atoms with Crippen LogP contribution in [0.1, 0.15) is 30.4 Å². The molecule has 2 fully saturated rings. The van der Waals surface area contributed by atoms with Gasteiger partial charge in [-0.25, -0.2) is 0 Å². The first-order valence-electron chi connectivity index (χ1n) is 12.5. The Kier molecular flexibility index (Phi) is 5.63. The van der Waals surface area contributed by atoms with Gasteiger partial charge in [-0.2, -0.15) is 0 Å². The minimum Gasteiger partial charge on any atom is -0.379 e. The summed E-state index contributed by atoms with van der Waals surface area (Å²) >= 11 is 0. The van der Waals surface area contributed by atoms with Crippen molar-refractivity contribution in [1.29, 1.82) is 0 Å². The number of benzene rings is 2. The fourth-order valence-electron chi connectivity index (χ4n) is 5.99. The predicted octanol–water partition coefficient (Wildman–Crippen LogP) is 4.28. The standard InChI is InChI=1S/C28H32N4O2/c33-27(9-12-31-15-17-34-18-16-31)32-13-10-28(11-14-32,23-19-29-25-7-3-1-5-21(23)25)24-20-30-26-8-4-2-6-22(24)26/h1-8,19-20,29-30H,9-18H2. The molecule has 1 amide bonds. The van der Waals surface area contributed by atoms with Gasteiger partial charge in [0.1, 0.15) is 0 Å². The van der Waals surface area contributed by atoms with Gasteiger partial charge < -0.3 is 19.6 Å². The number of para-hydroxylation sites is 2. The van der Waals surface area contributed by atoms with Gasteiger partial charge in [0.15, 0.2) is 0 Å². The number of ether oxygens (including phenoxy) is 1. The number of nitrogens with one attached hydrogen (secondary N) is 2. The summed E-state index contributed by atoms with van der Waals surface area (Å²) in [6.45, 7) is 5.79. The van der Waals surface area contributed by atoms with Crippen molar-refractivity contribution < 1.29 is 9.53 Å². The van der Waals surface area contributed by atoms with E-state index < -0.39 is 0 Å². The summed E-state index contributed by atoms with van der Waals surface area (Å²) in [5.41, 5.74) is 4.88. The lowest BCUT2D eigenvalue weighted by molar-refractivity contribution is -0.133. The zero-order chi connectivity index (χ0) is 23.0. The zero-order valence-corrected chi connectivity index (χ0v) is 19.6. The second-order valence-electron chi connectivity index (χ2n) is 9.66. The monoisotopic (exact) mass is 456 g/mol. The van der Waals surface area contributed by atoms with Crippen molar-refractivity contribution in [3.8, 4) is 0 Å². The van der Waals surface area contributed by atoms with Crippen LogP contribution in [-0.4, -0.2) is 71.6 Å². The molecule has 2 N–H and O–H groups in total. The van der Waals surface area contributed by atoms with E-state index in [0.717, 1.165) is 58.8 Å². The van der Waals surface area contributed by atoms with Crippen LogP contribution in [0.4, 0.5) is 0 Å². The minimum absolute atomic E-state index is 0.139. The van der Waals surface area contributed by atoms with Gasteiger partial charge in [0.25, 0.3) is 0 Å². The molecular formula is C28H32N4O2. The quantitative estimate of drug-likeness (QED) is 0.471. The van der Waals surface area contributed by atoms with Crippen LogP contribution in [0.25, 0.3) is 21.8 Å². The molecule has 34 heavy (non-hydrogen) atoms. The molecule has 4 aromatic rings. The Morgan fingerprint density at radius 1 is 0.824 bits per heavy atom. The summed E-state index contributed by atoms with van der Waals surface area (Å²) in [4.78, 5) is 24.5. The number of amides is 1. The van der Waals surface area contributed by atoms with Crippen LogP contribution in [0.3, 0.4) is 0 Å². The molecule has 0 aliphatic carbocycles. The van der Waals surface area contributed by atoms with E-state index in [1.165, 1.54) is 32.9 Å². The summed E-state index contributed by atoms with van der Waals surface area (Å²) in [5, 5.41) is 2.56. The number of fused-ring (bicyclic) bond motifs is 2. The summed E-state index contributed by atoms with van der Waals surface area (Å²) in [7, 11) is 0. The summed E-state index contributed by atoms with van der Waals surface area (Å²) in [6.07, 6.45) is 6.82. The fourth-order valence-corrected chi connectivity index (χ4v) is 5.99. The third-order valence-corrected chi connectivity index (χ3v) is 7.92. The van der Waals surface area contributed by atoms with Crippen LogP contribution >= 0.6 is 0 Å². The Bertz CT molecular complexity index is 1220. The number of likely N-dealkylation sites (tertiary alicyclic amines) is 1. The molecule has 2 saturated heterocycles. The molecule has 4 heterocycles. The van der Waals surface area contributed by atoms with E-state index in [1.807, 2.05) is 0 Å². The van der Waals surface area contributed by atoms with Crippen LogP contribution in [0.15, 0.2) is 60.9 Å². The molecule has 2 aromatic carbocycles. The number of aromatic nitrogens is 2. The molecule has 0 saturated carbocycles. The normalized spacial score (nSPS) is 19.1. The zero-order valence-electron chi connectivity index (χ0n) is 19.6. The van der Waals surface area contributed by atoms with Gasteiger partial charge in [0.2, 0.25) is 5.91 Å². The van der Waals surface area contributed by atoms with Crippen LogP contribution in [-0.2, 0) is 14.9 Å². The molecule has 2 aliphatic heterocycles. The smallest absolute Gasteiger partial charge is 0.223 e. The van der Waals surface area contributed by atoms with E-state index in [0.29, 0.717) is 6.42 Å². The van der Waals surface area contributed by atoms with Gasteiger partial charge >= 0.3 is 0 Å². The third-order valence-electron chi connectivity index (χ3n) is 7.92. The average Bonchev–Trinajstić information content (AvgIpc) is 3.53. The van der Waals surface area contributed by atoms with Crippen molar-refractivity contribution in [3.63, 3.8) is 0 Å². The molecule has 2 aliphatic rings. The third kappa shape index (κ3) is 3.71. The number of hydrogen-bond acceptors (Lipinski definition) is 3. The maximum Gasteiger partial charge on any atom is 0.223 e. The SMILES string of the molecule is O=C(CCN1CCOCC1)N1CCC(c2c[nH]c3ccccc23)(c2c[nH]c3ccccc23)CC1. The Hall–Kier alpha value is -3.09. The van der Waals surface area contributed by atoms with Crippen molar-refractivity contribution in [2.75, 3.05) is 45.9 Å². The average molecular weight is 457 g/mol. The molecule has 0 radical (unpaired) electrons. The molecule has 0 atom stereocenters. The van der Waals surface area contributed by atoms with E-state index in [4.69, 9.17) is 4.74 Å². The topological polar surface area (TPSA) is 64.4 Å². The molecule has 0 spiro atoms. The first kappa shape index (κ1) is 21.4.